The van der Waals surface area contributed by atoms with Crippen LogP contribution in [0, 0.1) is 11.3 Å². The Bertz CT molecular complexity index is 504. The minimum absolute atomic E-state index is 0.0594. The van der Waals surface area contributed by atoms with E-state index in [9.17, 15) is 10.1 Å². The molecule has 4 nitrogen and oxygen atoms in total. The third-order valence-corrected chi connectivity index (χ3v) is 3.56. The van der Waals surface area contributed by atoms with E-state index in [4.69, 9.17) is 0 Å². The van der Waals surface area contributed by atoms with Crippen molar-refractivity contribution < 1.29 is 4.79 Å². The highest BCUT2D eigenvalue weighted by molar-refractivity contribution is 8.04. The van der Waals surface area contributed by atoms with Crippen molar-refractivity contribution in [3.8, 4) is 6.07 Å². The zero-order valence-corrected chi connectivity index (χ0v) is 10.2. The molecule has 1 aliphatic rings. The molecule has 5 heteroatoms. The molecule has 0 radical (unpaired) electrons. The normalized spacial score (nSPS) is 18.1. The van der Waals surface area contributed by atoms with E-state index in [1.165, 1.54) is 11.8 Å². The number of hydrogen-bond donors (Lipinski definition) is 0. The summed E-state index contributed by atoms with van der Waals surface area (Å²) in [6.45, 7) is 2.49. The molecule has 0 aliphatic carbocycles. The first-order valence-corrected chi connectivity index (χ1v) is 6.24. The average Bonchev–Trinajstić information content (AvgIpc) is 2.73. The maximum atomic E-state index is 11.6. The number of hydrogen-bond acceptors (Lipinski definition) is 4. The van der Waals surface area contributed by atoms with Crippen molar-refractivity contribution in [1.29, 1.82) is 5.26 Å². The Morgan fingerprint density at radius 1 is 1.71 bits per heavy atom. The van der Waals surface area contributed by atoms with Crippen LogP contribution in [0.2, 0.25) is 0 Å². The molecular formula is C12H11N3OS. The van der Waals surface area contributed by atoms with Crippen LogP contribution in [0.15, 0.2) is 29.6 Å². The van der Waals surface area contributed by atoms with Gasteiger partial charge in [-0.1, -0.05) is 17.8 Å². The molecule has 1 saturated heterocycles. The maximum Gasteiger partial charge on any atom is 0.237 e. The Hall–Kier alpha value is -1.80. The first-order valence-electron chi connectivity index (χ1n) is 5.26. The molecule has 1 aromatic heterocycles. The molecule has 0 aromatic carbocycles. The number of carbonyl (C=O) groups excluding carboxylic acids is 1. The van der Waals surface area contributed by atoms with Crippen LogP contribution in [0.4, 0.5) is 0 Å². The van der Waals surface area contributed by atoms with Gasteiger partial charge in [-0.05, 0) is 13.0 Å². The van der Waals surface area contributed by atoms with Gasteiger partial charge in [0.2, 0.25) is 5.91 Å². The van der Waals surface area contributed by atoms with E-state index >= 15 is 0 Å². The number of pyridine rings is 1. The van der Waals surface area contributed by atoms with Gasteiger partial charge >= 0.3 is 0 Å². The first kappa shape index (κ1) is 11.7. The van der Waals surface area contributed by atoms with Crippen LogP contribution in [0.3, 0.4) is 0 Å². The van der Waals surface area contributed by atoms with E-state index in [2.05, 4.69) is 11.1 Å². The summed E-state index contributed by atoms with van der Waals surface area (Å²) < 4.78 is 0. The molecule has 0 N–H and O–H groups in total. The SMILES string of the molecule is CCN1C(=O)CS/C1=C(/C#N)c1cccnc1. The lowest BCUT2D eigenvalue weighted by Gasteiger charge is -2.15. The molecule has 17 heavy (non-hydrogen) atoms. The summed E-state index contributed by atoms with van der Waals surface area (Å²) in [5.41, 5.74) is 1.28. The van der Waals surface area contributed by atoms with Gasteiger partial charge in [0.05, 0.1) is 16.4 Å². The van der Waals surface area contributed by atoms with Crippen molar-refractivity contribution in [2.75, 3.05) is 12.3 Å². The van der Waals surface area contributed by atoms with Crippen LogP contribution in [0.25, 0.3) is 5.57 Å². The summed E-state index contributed by atoms with van der Waals surface area (Å²) in [6, 6.07) is 5.78. The molecule has 1 aliphatic heterocycles. The standard InChI is InChI=1S/C12H11N3OS/c1-2-15-11(16)8-17-12(15)10(6-13)9-4-3-5-14-7-9/h3-5,7H,2,8H2,1H3/b12-10-. The average molecular weight is 245 g/mol. The molecular weight excluding hydrogens is 234 g/mol. The topological polar surface area (TPSA) is 57.0 Å². The number of aromatic nitrogens is 1. The van der Waals surface area contributed by atoms with Crippen molar-refractivity contribution in [2.45, 2.75) is 6.92 Å². The highest BCUT2D eigenvalue weighted by atomic mass is 32.2. The van der Waals surface area contributed by atoms with Gasteiger partial charge in [-0.2, -0.15) is 5.26 Å². The summed E-state index contributed by atoms with van der Waals surface area (Å²) in [7, 11) is 0. The van der Waals surface area contributed by atoms with Gasteiger partial charge in [0.1, 0.15) is 6.07 Å². The Morgan fingerprint density at radius 3 is 3.12 bits per heavy atom. The molecule has 1 aromatic rings. The number of nitriles is 1. The summed E-state index contributed by atoms with van der Waals surface area (Å²) >= 11 is 1.42. The summed E-state index contributed by atoms with van der Waals surface area (Å²) in [4.78, 5) is 17.3. The van der Waals surface area contributed by atoms with E-state index in [0.29, 0.717) is 17.9 Å². The summed E-state index contributed by atoms with van der Waals surface area (Å²) in [5, 5.41) is 10.00. The molecule has 1 fully saturated rings. The quantitative estimate of drug-likeness (QED) is 0.746. The molecule has 0 saturated carbocycles. The largest absolute Gasteiger partial charge is 0.305 e. The Balaban J connectivity index is 2.49. The minimum Gasteiger partial charge on any atom is -0.305 e. The summed E-state index contributed by atoms with van der Waals surface area (Å²) in [6.07, 6.45) is 3.30. The number of amides is 1. The number of nitrogens with zero attached hydrogens (tertiary/aromatic N) is 3. The number of thioether (sulfide) groups is 1. The fourth-order valence-corrected chi connectivity index (χ4v) is 2.78. The number of rotatable bonds is 2. The molecule has 2 heterocycles. The van der Waals surface area contributed by atoms with Crippen LogP contribution < -0.4 is 0 Å². The van der Waals surface area contributed by atoms with Crippen molar-refractivity contribution in [3.05, 3.63) is 35.1 Å². The first-order chi connectivity index (χ1) is 8.27. The molecule has 0 atom stereocenters. The maximum absolute atomic E-state index is 11.6. The van der Waals surface area contributed by atoms with Gasteiger partial charge in [0, 0.05) is 24.5 Å². The lowest BCUT2D eigenvalue weighted by molar-refractivity contribution is -0.125. The second kappa shape index (κ2) is 5.02. The fourth-order valence-electron chi connectivity index (χ4n) is 1.67. The van der Waals surface area contributed by atoms with E-state index in [1.54, 1.807) is 23.4 Å². The third kappa shape index (κ3) is 2.17. The van der Waals surface area contributed by atoms with Crippen LogP contribution >= 0.6 is 11.8 Å². The van der Waals surface area contributed by atoms with Crippen molar-refractivity contribution in [2.24, 2.45) is 0 Å². The zero-order valence-electron chi connectivity index (χ0n) is 9.38. The van der Waals surface area contributed by atoms with Crippen molar-refractivity contribution in [1.82, 2.24) is 9.88 Å². The van der Waals surface area contributed by atoms with Crippen molar-refractivity contribution in [3.63, 3.8) is 0 Å². The Kier molecular flexibility index (Phi) is 3.45. The highest BCUT2D eigenvalue weighted by Crippen LogP contribution is 2.34. The fraction of sp³-hybridized carbons (Fsp3) is 0.250. The molecule has 2 rings (SSSR count). The number of carbonyl (C=O) groups is 1. The monoisotopic (exact) mass is 245 g/mol. The minimum atomic E-state index is 0.0594. The van der Waals surface area contributed by atoms with Crippen LogP contribution in [-0.4, -0.2) is 28.1 Å². The van der Waals surface area contributed by atoms with Crippen molar-refractivity contribution >= 4 is 23.2 Å². The van der Waals surface area contributed by atoms with Crippen LogP contribution in [0.1, 0.15) is 12.5 Å². The van der Waals surface area contributed by atoms with Gasteiger partial charge < -0.3 is 4.90 Å². The van der Waals surface area contributed by atoms with Gasteiger partial charge in [0.25, 0.3) is 0 Å². The molecule has 0 spiro atoms. The predicted octanol–water partition coefficient (Wildman–Crippen LogP) is 1.87. The summed E-state index contributed by atoms with van der Waals surface area (Å²) in [5.74, 6) is 0.471. The van der Waals surface area contributed by atoms with Crippen LogP contribution in [0.5, 0.6) is 0 Å². The highest BCUT2D eigenvalue weighted by Gasteiger charge is 2.28. The molecule has 1 amide bonds. The molecule has 0 bridgehead atoms. The Morgan fingerprint density at radius 2 is 2.53 bits per heavy atom. The van der Waals surface area contributed by atoms with E-state index in [-0.39, 0.29) is 5.91 Å². The van der Waals surface area contributed by atoms with E-state index in [0.717, 1.165) is 10.6 Å². The van der Waals surface area contributed by atoms with Crippen LogP contribution in [-0.2, 0) is 4.79 Å². The second-order valence-corrected chi connectivity index (χ2v) is 4.42. The Labute approximate surface area is 104 Å². The zero-order chi connectivity index (χ0) is 12.3. The third-order valence-electron chi connectivity index (χ3n) is 2.47. The van der Waals surface area contributed by atoms with E-state index < -0.39 is 0 Å². The predicted molar refractivity (Wildman–Crippen MR) is 66.6 cm³/mol. The number of allylic oxidation sites excluding steroid dienone is 1. The second-order valence-electron chi connectivity index (χ2n) is 3.46. The van der Waals surface area contributed by atoms with Gasteiger partial charge in [0.15, 0.2) is 0 Å². The smallest absolute Gasteiger partial charge is 0.237 e. The molecule has 0 unspecified atom stereocenters. The lowest BCUT2D eigenvalue weighted by atomic mass is 10.1. The van der Waals surface area contributed by atoms with Gasteiger partial charge in [-0.25, -0.2) is 0 Å². The van der Waals surface area contributed by atoms with Gasteiger partial charge in [-0.3, -0.25) is 9.78 Å². The molecule has 86 valence electrons. The van der Waals surface area contributed by atoms with E-state index in [1.807, 2.05) is 13.0 Å². The lowest BCUT2D eigenvalue weighted by Crippen LogP contribution is -2.24. The van der Waals surface area contributed by atoms with Gasteiger partial charge in [-0.15, -0.1) is 0 Å².